The summed E-state index contributed by atoms with van der Waals surface area (Å²) in [6.07, 6.45) is 7.59. The number of nitrogens with zero attached hydrogens (tertiary/aromatic N) is 4. The third kappa shape index (κ3) is 7.34. The Hall–Kier alpha value is -4.09. The van der Waals surface area contributed by atoms with Crippen LogP contribution in [0, 0.1) is 11.7 Å². The minimum atomic E-state index is -0.507. The fourth-order valence-electron chi connectivity index (χ4n) is 5.38. The van der Waals surface area contributed by atoms with E-state index in [-0.39, 0.29) is 28.7 Å². The molecule has 0 saturated carbocycles. The Morgan fingerprint density at radius 1 is 1.16 bits per heavy atom. The van der Waals surface area contributed by atoms with Crippen molar-refractivity contribution in [2.45, 2.75) is 51.5 Å². The number of likely N-dealkylation sites (tertiary alicyclic amines) is 1. The molecule has 2 aromatic carbocycles. The van der Waals surface area contributed by atoms with Crippen LogP contribution in [0.15, 0.2) is 42.9 Å². The molecule has 0 unspecified atom stereocenters. The Labute approximate surface area is 260 Å². The molecule has 12 heteroatoms. The number of hydrogen-bond acceptors (Lipinski definition) is 8. The molecule has 10 nitrogen and oxygen atoms in total. The summed E-state index contributed by atoms with van der Waals surface area (Å²) >= 11 is 5.99. The molecule has 0 spiro atoms. The largest absolute Gasteiger partial charge is 0.496 e. The molecule has 1 aliphatic rings. The number of aromatic nitrogens is 4. The molecule has 44 heavy (non-hydrogen) atoms. The number of carbonyl (C=O) groups is 2. The van der Waals surface area contributed by atoms with Crippen LogP contribution in [-0.2, 0) is 9.59 Å². The highest BCUT2D eigenvalue weighted by atomic mass is 35.5. The van der Waals surface area contributed by atoms with E-state index >= 15 is 0 Å². The molecule has 232 valence electrons. The SMILES string of the molecule is CCC(=O)CCCCC[C@H](NC(=O)C1CN(C)C1)c1ncc(-c2cc3c(Nc4ccc(F)c(Cl)c4)ncnc3cc2OC)[nH]1. The van der Waals surface area contributed by atoms with E-state index in [4.69, 9.17) is 16.3 Å². The Morgan fingerprint density at radius 2 is 1.98 bits per heavy atom. The number of nitrogens with one attached hydrogen (secondary N) is 3. The van der Waals surface area contributed by atoms with E-state index in [0.717, 1.165) is 37.9 Å². The van der Waals surface area contributed by atoms with Gasteiger partial charge in [-0.2, -0.15) is 0 Å². The lowest BCUT2D eigenvalue weighted by molar-refractivity contribution is -0.130. The van der Waals surface area contributed by atoms with E-state index in [1.807, 2.05) is 26.1 Å². The summed E-state index contributed by atoms with van der Waals surface area (Å²) in [7, 11) is 3.58. The van der Waals surface area contributed by atoms with Crippen molar-refractivity contribution in [3.05, 3.63) is 59.5 Å². The van der Waals surface area contributed by atoms with Crippen molar-refractivity contribution in [2.24, 2.45) is 5.92 Å². The zero-order valence-electron chi connectivity index (χ0n) is 25.1. The predicted octanol–water partition coefficient (Wildman–Crippen LogP) is 6.21. The molecule has 0 radical (unpaired) electrons. The number of hydrogen-bond donors (Lipinski definition) is 3. The number of unbranched alkanes of at least 4 members (excludes halogenated alkanes) is 2. The fraction of sp³-hybridized carbons (Fsp3) is 0.406. The number of methoxy groups -OCH3 is 1. The van der Waals surface area contributed by atoms with Gasteiger partial charge < -0.3 is 25.3 Å². The van der Waals surface area contributed by atoms with E-state index < -0.39 is 5.82 Å². The molecule has 0 aliphatic carbocycles. The van der Waals surface area contributed by atoms with Crippen molar-refractivity contribution in [3.8, 4) is 17.0 Å². The fourth-order valence-corrected chi connectivity index (χ4v) is 5.56. The monoisotopic (exact) mass is 621 g/mol. The Bertz CT molecular complexity index is 1640. The summed E-state index contributed by atoms with van der Waals surface area (Å²) in [5.74, 6) is 1.49. The number of rotatable bonds is 14. The molecular weight excluding hydrogens is 585 g/mol. The van der Waals surface area contributed by atoms with Gasteiger partial charge in [-0.25, -0.2) is 19.3 Å². The zero-order valence-corrected chi connectivity index (χ0v) is 25.9. The van der Waals surface area contributed by atoms with E-state index in [2.05, 4.69) is 35.5 Å². The standard InChI is InChI=1S/C32H37ClFN7O3/c1-4-21(42)8-6-5-7-9-26(40-32(43)19-16-41(2)17-19)31-35-15-28(39-31)22-13-23-27(14-29(22)44-3)36-18-37-30(23)38-20-10-11-25(34)24(33)12-20/h10-15,18-19,26H,4-9,16-17H2,1-3H3,(H,35,39)(H,40,43)(H,36,37,38)/t26-/m0/s1. The second kappa shape index (κ2) is 14.1. The first-order chi connectivity index (χ1) is 21.2. The van der Waals surface area contributed by atoms with Crippen LogP contribution in [0.4, 0.5) is 15.9 Å². The third-order valence-electron chi connectivity index (χ3n) is 7.95. The Morgan fingerprint density at radius 3 is 2.70 bits per heavy atom. The quantitative estimate of drug-likeness (QED) is 0.142. The van der Waals surface area contributed by atoms with Gasteiger partial charge in [0.2, 0.25) is 5.91 Å². The maximum Gasteiger partial charge on any atom is 0.226 e. The van der Waals surface area contributed by atoms with Crippen LogP contribution in [0.25, 0.3) is 22.2 Å². The van der Waals surface area contributed by atoms with Crippen LogP contribution in [0.3, 0.4) is 0 Å². The molecule has 1 aliphatic heterocycles. The van der Waals surface area contributed by atoms with Gasteiger partial charge in [0.1, 0.15) is 35.3 Å². The number of anilines is 2. The van der Waals surface area contributed by atoms with Crippen LogP contribution in [0.1, 0.15) is 57.3 Å². The van der Waals surface area contributed by atoms with Gasteiger partial charge in [-0.1, -0.05) is 31.4 Å². The minimum Gasteiger partial charge on any atom is -0.496 e. The molecule has 4 aromatic rings. The van der Waals surface area contributed by atoms with E-state index in [1.165, 1.54) is 18.5 Å². The summed E-state index contributed by atoms with van der Waals surface area (Å²) in [6, 6.07) is 7.78. The molecule has 1 atom stereocenters. The number of halogens is 2. The smallest absolute Gasteiger partial charge is 0.226 e. The first-order valence-corrected chi connectivity index (χ1v) is 15.2. The lowest BCUT2D eigenvalue weighted by Gasteiger charge is -2.35. The molecule has 1 fully saturated rings. The molecule has 3 N–H and O–H groups in total. The number of aromatic amines is 1. The Balaban J connectivity index is 1.40. The number of carbonyl (C=O) groups excluding carboxylic acids is 2. The molecule has 2 aromatic heterocycles. The molecule has 3 heterocycles. The maximum atomic E-state index is 13.7. The number of benzene rings is 2. The number of ether oxygens (including phenoxy) is 1. The molecule has 1 amide bonds. The molecular formula is C32H37ClFN7O3. The van der Waals surface area contributed by atoms with Crippen molar-refractivity contribution in [1.82, 2.24) is 30.2 Å². The highest BCUT2D eigenvalue weighted by Crippen LogP contribution is 2.36. The van der Waals surface area contributed by atoms with Crippen molar-refractivity contribution >= 4 is 45.7 Å². The van der Waals surface area contributed by atoms with Crippen molar-refractivity contribution in [2.75, 3.05) is 32.6 Å². The van der Waals surface area contributed by atoms with Gasteiger partial charge in [0, 0.05) is 48.6 Å². The van der Waals surface area contributed by atoms with Gasteiger partial charge in [0.15, 0.2) is 0 Å². The number of H-pyrrole nitrogens is 1. The average molecular weight is 622 g/mol. The first kappa shape index (κ1) is 31.3. The topological polar surface area (TPSA) is 125 Å². The van der Waals surface area contributed by atoms with Gasteiger partial charge in [0.25, 0.3) is 0 Å². The summed E-state index contributed by atoms with van der Waals surface area (Å²) < 4.78 is 19.4. The number of imidazole rings is 1. The zero-order chi connectivity index (χ0) is 31.2. The Kier molecular flexibility index (Phi) is 10.1. The van der Waals surface area contributed by atoms with E-state index in [0.29, 0.717) is 58.9 Å². The lowest BCUT2D eigenvalue weighted by atomic mass is 9.98. The van der Waals surface area contributed by atoms with Gasteiger partial charge in [-0.15, -0.1) is 0 Å². The number of fused-ring (bicyclic) bond motifs is 1. The van der Waals surface area contributed by atoms with Crippen LogP contribution in [0.5, 0.6) is 5.75 Å². The van der Waals surface area contributed by atoms with Crippen molar-refractivity contribution in [3.63, 3.8) is 0 Å². The number of Topliss-reactive ketones (excluding diaryl/α,β-unsaturated/α-hetero) is 1. The maximum absolute atomic E-state index is 13.7. The summed E-state index contributed by atoms with van der Waals surface area (Å²) in [5, 5.41) is 7.12. The van der Waals surface area contributed by atoms with E-state index in [9.17, 15) is 14.0 Å². The second-order valence-electron chi connectivity index (χ2n) is 11.2. The van der Waals surface area contributed by atoms with Crippen LogP contribution < -0.4 is 15.4 Å². The molecule has 1 saturated heterocycles. The highest BCUT2D eigenvalue weighted by molar-refractivity contribution is 6.31. The number of amides is 1. The lowest BCUT2D eigenvalue weighted by Crippen LogP contribution is -2.52. The summed E-state index contributed by atoms with van der Waals surface area (Å²) in [6.45, 7) is 3.35. The minimum absolute atomic E-state index is 0.00105. The normalized spacial score (nSPS) is 14.3. The highest BCUT2D eigenvalue weighted by Gasteiger charge is 2.32. The predicted molar refractivity (Wildman–Crippen MR) is 169 cm³/mol. The van der Waals surface area contributed by atoms with E-state index in [1.54, 1.807) is 19.4 Å². The summed E-state index contributed by atoms with van der Waals surface area (Å²) in [5.41, 5.74) is 2.66. The van der Waals surface area contributed by atoms with Gasteiger partial charge >= 0.3 is 0 Å². The van der Waals surface area contributed by atoms with Crippen LogP contribution in [0.2, 0.25) is 5.02 Å². The van der Waals surface area contributed by atoms with Crippen molar-refractivity contribution < 1.29 is 18.7 Å². The second-order valence-corrected chi connectivity index (χ2v) is 11.6. The van der Waals surface area contributed by atoms with Gasteiger partial charge in [0.05, 0.1) is 41.5 Å². The number of ketones is 1. The van der Waals surface area contributed by atoms with Gasteiger partial charge in [-0.3, -0.25) is 9.59 Å². The molecule has 5 rings (SSSR count). The third-order valence-corrected chi connectivity index (χ3v) is 8.24. The van der Waals surface area contributed by atoms with Crippen LogP contribution >= 0.6 is 11.6 Å². The van der Waals surface area contributed by atoms with Crippen LogP contribution in [-0.4, -0.2) is 63.8 Å². The van der Waals surface area contributed by atoms with Crippen molar-refractivity contribution in [1.29, 1.82) is 0 Å². The summed E-state index contributed by atoms with van der Waals surface area (Å²) in [4.78, 5) is 43.8. The molecule has 0 bridgehead atoms. The average Bonchev–Trinajstić information content (AvgIpc) is 3.50. The van der Waals surface area contributed by atoms with Gasteiger partial charge in [-0.05, 0) is 44.2 Å². The first-order valence-electron chi connectivity index (χ1n) is 14.9.